The third kappa shape index (κ3) is 4.01. The van der Waals surface area contributed by atoms with Gasteiger partial charge in [0.25, 0.3) is 0 Å². The summed E-state index contributed by atoms with van der Waals surface area (Å²) >= 11 is 0. The van der Waals surface area contributed by atoms with Crippen molar-refractivity contribution in [3.8, 4) is 5.75 Å². The number of methoxy groups -OCH3 is 1. The van der Waals surface area contributed by atoms with Crippen LogP contribution in [0.1, 0.15) is 31.7 Å². The first-order chi connectivity index (χ1) is 10.6. The molecule has 0 aromatic heterocycles. The van der Waals surface area contributed by atoms with Crippen LogP contribution in [0.4, 0.5) is 16.2 Å². The molecule has 2 aromatic carbocycles. The van der Waals surface area contributed by atoms with Gasteiger partial charge in [0.15, 0.2) is 0 Å². The van der Waals surface area contributed by atoms with Crippen molar-refractivity contribution in [2.45, 2.75) is 26.2 Å². The second-order valence-electron chi connectivity index (χ2n) is 5.21. The van der Waals surface area contributed by atoms with E-state index in [-0.39, 0.29) is 6.03 Å². The molecule has 0 aliphatic heterocycles. The first kappa shape index (κ1) is 15.9. The SMILES string of the molecule is CCC(C)c1ccccc1NC(=O)Nc1cccc(OC)c1. The van der Waals surface area contributed by atoms with Crippen molar-refractivity contribution >= 4 is 17.4 Å². The van der Waals surface area contributed by atoms with Crippen LogP contribution in [0.2, 0.25) is 0 Å². The van der Waals surface area contributed by atoms with Gasteiger partial charge in [-0.2, -0.15) is 0 Å². The van der Waals surface area contributed by atoms with Gasteiger partial charge in [0.2, 0.25) is 0 Å². The zero-order chi connectivity index (χ0) is 15.9. The van der Waals surface area contributed by atoms with Crippen LogP contribution < -0.4 is 15.4 Å². The van der Waals surface area contributed by atoms with Crippen molar-refractivity contribution in [2.75, 3.05) is 17.7 Å². The number of hydrogen-bond donors (Lipinski definition) is 2. The van der Waals surface area contributed by atoms with Crippen LogP contribution in [0.5, 0.6) is 5.75 Å². The van der Waals surface area contributed by atoms with Gasteiger partial charge in [-0.1, -0.05) is 38.1 Å². The highest BCUT2D eigenvalue weighted by Gasteiger charge is 2.11. The summed E-state index contributed by atoms with van der Waals surface area (Å²) in [6.07, 6.45) is 1.02. The monoisotopic (exact) mass is 298 g/mol. The van der Waals surface area contributed by atoms with E-state index in [4.69, 9.17) is 4.74 Å². The highest BCUT2D eigenvalue weighted by molar-refractivity contribution is 6.00. The molecular weight excluding hydrogens is 276 g/mol. The maximum Gasteiger partial charge on any atom is 0.323 e. The third-order valence-electron chi connectivity index (χ3n) is 3.68. The third-order valence-corrected chi connectivity index (χ3v) is 3.68. The Morgan fingerprint density at radius 3 is 2.64 bits per heavy atom. The van der Waals surface area contributed by atoms with Crippen molar-refractivity contribution in [1.82, 2.24) is 0 Å². The van der Waals surface area contributed by atoms with E-state index in [2.05, 4.69) is 30.5 Å². The average molecular weight is 298 g/mol. The molecule has 0 bridgehead atoms. The Morgan fingerprint density at radius 1 is 1.14 bits per heavy atom. The summed E-state index contributed by atoms with van der Waals surface area (Å²) < 4.78 is 5.15. The van der Waals surface area contributed by atoms with Crippen LogP contribution in [0.25, 0.3) is 0 Å². The van der Waals surface area contributed by atoms with Crippen LogP contribution in [0, 0.1) is 0 Å². The van der Waals surface area contributed by atoms with Gasteiger partial charge in [0, 0.05) is 17.4 Å². The first-order valence-electron chi connectivity index (χ1n) is 7.45. The van der Waals surface area contributed by atoms with E-state index in [1.165, 1.54) is 0 Å². The molecule has 0 fully saturated rings. The number of anilines is 2. The van der Waals surface area contributed by atoms with Crippen LogP contribution in [-0.2, 0) is 0 Å². The van der Waals surface area contributed by atoms with E-state index in [9.17, 15) is 4.79 Å². The summed E-state index contributed by atoms with van der Waals surface area (Å²) in [6.45, 7) is 4.29. The number of hydrogen-bond acceptors (Lipinski definition) is 2. The molecule has 1 atom stereocenters. The summed E-state index contributed by atoms with van der Waals surface area (Å²) in [7, 11) is 1.60. The van der Waals surface area contributed by atoms with Crippen molar-refractivity contribution < 1.29 is 9.53 Å². The van der Waals surface area contributed by atoms with E-state index in [0.717, 1.165) is 17.7 Å². The number of ether oxygens (including phenoxy) is 1. The molecule has 2 rings (SSSR count). The molecule has 4 nitrogen and oxygen atoms in total. The molecule has 0 heterocycles. The van der Waals surface area contributed by atoms with Gasteiger partial charge in [-0.05, 0) is 36.1 Å². The standard InChI is InChI=1S/C18H22N2O2/c1-4-13(2)16-10-5-6-11-17(16)20-18(21)19-14-8-7-9-15(12-14)22-3/h5-13H,4H2,1-3H3,(H2,19,20,21). The molecule has 2 aromatic rings. The van der Waals surface area contributed by atoms with E-state index < -0.39 is 0 Å². The predicted molar refractivity (Wildman–Crippen MR) is 90.8 cm³/mol. The number of benzene rings is 2. The number of nitrogens with one attached hydrogen (secondary N) is 2. The predicted octanol–water partition coefficient (Wildman–Crippen LogP) is 4.85. The summed E-state index contributed by atoms with van der Waals surface area (Å²) in [6, 6.07) is 14.9. The van der Waals surface area contributed by atoms with Crippen molar-refractivity contribution in [3.05, 3.63) is 54.1 Å². The lowest BCUT2D eigenvalue weighted by atomic mass is 9.97. The minimum atomic E-state index is -0.260. The topological polar surface area (TPSA) is 50.4 Å². The lowest BCUT2D eigenvalue weighted by Gasteiger charge is -2.16. The number of carbonyl (C=O) groups is 1. The molecule has 0 aliphatic carbocycles. The Morgan fingerprint density at radius 2 is 1.91 bits per heavy atom. The Bertz CT molecular complexity index is 640. The highest BCUT2D eigenvalue weighted by Crippen LogP contribution is 2.26. The summed E-state index contributed by atoms with van der Waals surface area (Å²) in [5, 5.41) is 5.74. The average Bonchev–Trinajstić information content (AvgIpc) is 2.54. The maximum atomic E-state index is 12.2. The molecule has 22 heavy (non-hydrogen) atoms. The Balaban J connectivity index is 2.09. The zero-order valence-corrected chi connectivity index (χ0v) is 13.2. The van der Waals surface area contributed by atoms with Crippen LogP contribution in [0.15, 0.2) is 48.5 Å². The normalized spacial score (nSPS) is 11.6. The fraction of sp³-hybridized carbons (Fsp3) is 0.278. The van der Waals surface area contributed by atoms with E-state index >= 15 is 0 Å². The highest BCUT2D eigenvalue weighted by atomic mass is 16.5. The van der Waals surface area contributed by atoms with Gasteiger partial charge >= 0.3 is 6.03 Å². The van der Waals surface area contributed by atoms with Crippen LogP contribution >= 0.6 is 0 Å². The molecule has 2 amide bonds. The minimum absolute atomic E-state index is 0.260. The summed E-state index contributed by atoms with van der Waals surface area (Å²) in [4.78, 5) is 12.2. The molecule has 116 valence electrons. The molecule has 0 saturated heterocycles. The molecule has 0 saturated carbocycles. The van der Waals surface area contributed by atoms with Crippen molar-refractivity contribution in [2.24, 2.45) is 0 Å². The lowest BCUT2D eigenvalue weighted by molar-refractivity contribution is 0.262. The second-order valence-corrected chi connectivity index (χ2v) is 5.21. The minimum Gasteiger partial charge on any atom is -0.497 e. The van der Waals surface area contributed by atoms with Gasteiger partial charge < -0.3 is 15.4 Å². The molecule has 0 radical (unpaired) electrons. The van der Waals surface area contributed by atoms with Gasteiger partial charge in [0.05, 0.1) is 7.11 Å². The quantitative estimate of drug-likeness (QED) is 0.828. The van der Waals surface area contributed by atoms with Gasteiger partial charge in [-0.25, -0.2) is 4.79 Å². The second kappa shape index (κ2) is 7.50. The molecule has 0 aliphatic rings. The van der Waals surface area contributed by atoms with E-state index in [1.54, 1.807) is 13.2 Å². The Hall–Kier alpha value is -2.49. The number of rotatable bonds is 5. The van der Waals surface area contributed by atoms with Gasteiger partial charge in [-0.3, -0.25) is 0 Å². The van der Waals surface area contributed by atoms with E-state index in [1.807, 2.05) is 36.4 Å². The fourth-order valence-corrected chi connectivity index (χ4v) is 2.25. The Kier molecular flexibility index (Phi) is 5.42. The lowest BCUT2D eigenvalue weighted by Crippen LogP contribution is -2.20. The molecule has 0 spiro atoms. The molecule has 2 N–H and O–H groups in total. The largest absolute Gasteiger partial charge is 0.497 e. The maximum absolute atomic E-state index is 12.2. The Labute approximate surface area is 131 Å². The number of amides is 2. The fourth-order valence-electron chi connectivity index (χ4n) is 2.25. The first-order valence-corrected chi connectivity index (χ1v) is 7.45. The van der Waals surface area contributed by atoms with E-state index in [0.29, 0.717) is 17.4 Å². The molecular formula is C18H22N2O2. The van der Waals surface area contributed by atoms with Gasteiger partial charge in [-0.15, -0.1) is 0 Å². The number of carbonyl (C=O) groups excluding carboxylic acids is 1. The van der Waals surface area contributed by atoms with Crippen molar-refractivity contribution in [1.29, 1.82) is 0 Å². The van der Waals surface area contributed by atoms with Crippen LogP contribution in [-0.4, -0.2) is 13.1 Å². The summed E-state index contributed by atoms with van der Waals surface area (Å²) in [5.74, 6) is 1.10. The van der Waals surface area contributed by atoms with Gasteiger partial charge in [0.1, 0.15) is 5.75 Å². The van der Waals surface area contributed by atoms with Crippen molar-refractivity contribution in [3.63, 3.8) is 0 Å². The zero-order valence-electron chi connectivity index (χ0n) is 13.2. The smallest absolute Gasteiger partial charge is 0.323 e. The number of urea groups is 1. The molecule has 4 heteroatoms. The molecule has 1 unspecified atom stereocenters. The summed E-state index contributed by atoms with van der Waals surface area (Å²) in [5.41, 5.74) is 2.68. The van der Waals surface area contributed by atoms with Crippen LogP contribution in [0.3, 0.4) is 0 Å². The number of para-hydroxylation sites is 1.